The maximum absolute atomic E-state index is 10.8. The Labute approximate surface area is 110 Å². The van der Waals surface area contributed by atoms with Gasteiger partial charge < -0.3 is 14.6 Å². The Morgan fingerprint density at radius 3 is 2.42 bits per heavy atom. The summed E-state index contributed by atoms with van der Waals surface area (Å²) in [6.07, 6.45) is 1.46. The Balaban J connectivity index is 2.46. The first-order valence-electron chi connectivity index (χ1n) is 5.62. The molecule has 0 aliphatic carbocycles. The smallest absolute Gasteiger partial charge is 0.309 e. The number of carboxylic acid groups (broad SMARTS) is 1. The topological polar surface area (TPSA) is 73.6 Å². The van der Waals surface area contributed by atoms with Crippen LogP contribution in [0.4, 0.5) is 0 Å². The number of hydrogen-bond donors (Lipinski definition) is 1. The molecule has 0 aliphatic heterocycles. The Kier molecular flexibility index (Phi) is 3.70. The minimum Gasteiger partial charge on any atom is -0.497 e. The van der Waals surface area contributed by atoms with Crippen LogP contribution in [-0.4, -0.2) is 35.1 Å². The summed E-state index contributed by atoms with van der Waals surface area (Å²) in [6.45, 7) is 0. The van der Waals surface area contributed by atoms with Gasteiger partial charge in [0.05, 0.1) is 32.0 Å². The van der Waals surface area contributed by atoms with Gasteiger partial charge >= 0.3 is 5.97 Å². The third kappa shape index (κ3) is 2.85. The van der Waals surface area contributed by atoms with Gasteiger partial charge in [0, 0.05) is 24.4 Å². The molecule has 0 amide bonds. The summed E-state index contributed by atoms with van der Waals surface area (Å²) in [4.78, 5) is 10.8. The zero-order chi connectivity index (χ0) is 13.8. The van der Waals surface area contributed by atoms with Crippen LogP contribution in [0.2, 0.25) is 0 Å². The van der Waals surface area contributed by atoms with Gasteiger partial charge in [-0.15, -0.1) is 0 Å². The van der Waals surface area contributed by atoms with Gasteiger partial charge in [0.2, 0.25) is 0 Å². The van der Waals surface area contributed by atoms with E-state index in [-0.39, 0.29) is 6.42 Å². The first-order chi connectivity index (χ1) is 9.13. The van der Waals surface area contributed by atoms with Gasteiger partial charge in [-0.1, -0.05) is 0 Å². The minimum atomic E-state index is -0.906. The van der Waals surface area contributed by atoms with Gasteiger partial charge in [-0.25, -0.2) is 4.68 Å². The van der Waals surface area contributed by atoms with Crippen molar-refractivity contribution in [2.75, 3.05) is 14.2 Å². The van der Waals surface area contributed by atoms with Crippen LogP contribution in [0.3, 0.4) is 0 Å². The van der Waals surface area contributed by atoms with Crippen molar-refractivity contribution < 1.29 is 19.4 Å². The maximum Gasteiger partial charge on any atom is 0.309 e. The van der Waals surface area contributed by atoms with Gasteiger partial charge in [-0.2, -0.15) is 5.10 Å². The van der Waals surface area contributed by atoms with E-state index in [0.717, 1.165) is 0 Å². The summed E-state index contributed by atoms with van der Waals surface area (Å²) < 4.78 is 11.9. The molecule has 1 N–H and O–H groups in total. The molecular formula is C13H14N2O4. The molecule has 1 heterocycles. The third-order valence-electron chi connectivity index (χ3n) is 2.63. The van der Waals surface area contributed by atoms with E-state index < -0.39 is 5.97 Å². The minimum absolute atomic E-state index is 0.0977. The normalized spacial score (nSPS) is 10.2. The van der Waals surface area contributed by atoms with Crippen molar-refractivity contribution in [1.82, 2.24) is 9.78 Å². The number of carbonyl (C=O) groups is 1. The standard InChI is InChI=1S/C13H14N2O4/c1-18-11-5-10(6-12(8-11)19-2)15-9(3-4-14-15)7-13(16)17/h3-6,8H,7H2,1-2H3,(H,16,17). The van der Waals surface area contributed by atoms with Crippen molar-refractivity contribution in [3.05, 3.63) is 36.2 Å². The average Bonchev–Trinajstić information content (AvgIpc) is 2.85. The quantitative estimate of drug-likeness (QED) is 0.884. The third-order valence-corrected chi connectivity index (χ3v) is 2.63. The molecule has 19 heavy (non-hydrogen) atoms. The highest BCUT2D eigenvalue weighted by molar-refractivity contribution is 5.69. The first kappa shape index (κ1) is 12.9. The number of aliphatic carboxylic acids is 1. The van der Waals surface area contributed by atoms with E-state index in [1.807, 2.05) is 0 Å². The molecule has 0 fully saturated rings. The summed E-state index contributed by atoms with van der Waals surface area (Å²) in [5, 5.41) is 13.0. The number of methoxy groups -OCH3 is 2. The van der Waals surface area contributed by atoms with Crippen LogP contribution in [0.15, 0.2) is 30.5 Å². The molecular weight excluding hydrogens is 248 g/mol. The molecule has 6 nitrogen and oxygen atoms in total. The summed E-state index contributed by atoms with van der Waals surface area (Å²) >= 11 is 0. The predicted octanol–water partition coefficient (Wildman–Crippen LogP) is 1.52. The van der Waals surface area contributed by atoms with Crippen LogP contribution in [0, 0.1) is 0 Å². The van der Waals surface area contributed by atoms with E-state index in [2.05, 4.69) is 5.10 Å². The molecule has 0 spiro atoms. The summed E-state index contributed by atoms with van der Waals surface area (Å²) in [6, 6.07) is 6.94. The van der Waals surface area contributed by atoms with Gasteiger partial charge in [0.1, 0.15) is 11.5 Å². The number of hydrogen-bond acceptors (Lipinski definition) is 4. The molecule has 0 saturated heterocycles. The van der Waals surface area contributed by atoms with Gasteiger partial charge in [0.15, 0.2) is 0 Å². The molecule has 0 aliphatic rings. The molecule has 100 valence electrons. The SMILES string of the molecule is COc1cc(OC)cc(-n2nccc2CC(=O)O)c1. The lowest BCUT2D eigenvalue weighted by molar-refractivity contribution is -0.136. The van der Waals surface area contributed by atoms with Crippen LogP contribution < -0.4 is 9.47 Å². The molecule has 0 saturated carbocycles. The van der Waals surface area contributed by atoms with Crippen LogP contribution in [0.1, 0.15) is 5.69 Å². The van der Waals surface area contributed by atoms with Crippen LogP contribution >= 0.6 is 0 Å². The first-order valence-corrected chi connectivity index (χ1v) is 5.62. The highest BCUT2D eigenvalue weighted by Gasteiger charge is 2.11. The molecule has 2 rings (SSSR count). The maximum atomic E-state index is 10.8. The lowest BCUT2D eigenvalue weighted by atomic mass is 10.2. The lowest BCUT2D eigenvalue weighted by Crippen LogP contribution is -2.08. The number of carboxylic acids is 1. The van der Waals surface area contributed by atoms with E-state index in [1.54, 1.807) is 49.4 Å². The van der Waals surface area contributed by atoms with Crippen molar-refractivity contribution in [2.45, 2.75) is 6.42 Å². The molecule has 0 bridgehead atoms. The molecule has 1 aromatic heterocycles. The van der Waals surface area contributed by atoms with E-state index in [0.29, 0.717) is 22.9 Å². The summed E-state index contributed by atoms with van der Waals surface area (Å²) in [5.74, 6) is 0.328. The molecule has 1 aromatic carbocycles. The molecule has 0 unspecified atom stereocenters. The van der Waals surface area contributed by atoms with Crippen LogP contribution in [0.25, 0.3) is 5.69 Å². The monoisotopic (exact) mass is 262 g/mol. The second-order valence-electron chi connectivity index (χ2n) is 3.88. The number of rotatable bonds is 5. The number of benzene rings is 1. The molecule has 2 aromatic rings. The zero-order valence-corrected chi connectivity index (χ0v) is 10.7. The van der Waals surface area contributed by atoms with Gasteiger partial charge in [0.25, 0.3) is 0 Å². The second kappa shape index (κ2) is 5.43. The lowest BCUT2D eigenvalue weighted by Gasteiger charge is -2.10. The molecule has 6 heteroatoms. The summed E-state index contributed by atoms with van der Waals surface area (Å²) in [7, 11) is 3.11. The predicted molar refractivity (Wildman–Crippen MR) is 68.0 cm³/mol. The Hall–Kier alpha value is -2.50. The second-order valence-corrected chi connectivity index (χ2v) is 3.88. The van der Waals surface area contributed by atoms with Crippen molar-refractivity contribution in [2.24, 2.45) is 0 Å². The van der Waals surface area contributed by atoms with Crippen molar-refractivity contribution in [3.63, 3.8) is 0 Å². The fraction of sp³-hybridized carbons (Fsp3) is 0.231. The van der Waals surface area contributed by atoms with Crippen molar-refractivity contribution in [1.29, 1.82) is 0 Å². The molecule has 0 radical (unpaired) electrons. The number of nitrogens with zero attached hydrogens (tertiary/aromatic N) is 2. The number of aromatic nitrogens is 2. The van der Waals surface area contributed by atoms with Crippen LogP contribution in [-0.2, 0) is 11.2 Å². The van der Waals surface area contributed by atoms with E-state index in [1.165, 1.54) is 0 Å². The fourth-order valence-corrected chi connectivity index (χ4v) is 1.77. The highest BCUT2D eigenvalue weighted by atomic mass is 16.5. The summed E-state index contributed by atoms with van der Waals surface area (Å²) in [5.41, 5.74) is 1.28. The Morgan fingerprint density at radius 1 is 1.26 bits per heavy atom. The van der Waals surface area contributed by atoms with E-state index in [4.69, 9.17) is 14.6 Å². The Bertz CT molecular complexity index is 570. The average molecular weight is 262 g/mol. The molecule has 0 atom stereocenters. The highest BCUT2D eigenvalue weighted by Crippen LogP contribution is 2.25. The van der Waals surface area contributed by atoms with E-state index in [9.17, 15) is 4.79 Å². The van der Waals surface area contributed by atoms with E-state index >= 15 is 0 Å². The Morgan fingerprint density at radius 2 is 1.89 bits per heavy atom. The van der Waals surface area contributed by atoms with Crippen molar-refractivity contribution in [3.8, 4) is 17.2 Å². The fourth-order valence-electron chi connectivity index (χ4n) is 1.77. The zero-order valence-electron chi connectivity index (χ0n) is 10.7. The van der Waals surface area contributed by atoms with Crippen LogP contribution in [0.5, 0.6) is 11.5 Å². The number of ether oxygens (including phenoxy) is 2. The van der Waals surface area contributed by atoms with Gasteiger partial charge in [-0.05, 0) is 6.07 Å². The van der Waals surface area contributed by atoms with Crippen molar-refractivity contribution >= 4 is 5.97 Å². The largest absolute Gasteiger partial charge is 0.497 e. The van der Waals surface area contributed by atoms with Gasteiger partial charge in [-0.3, -0.25) is 4.79 Å².